The third kappa shape index (κ3) is 48.7. The van der Waals surface area contributed by atoms with Gasteiger partial charge >= 0.3 is 19.8 Å². The van der Waals surface area contributed by atoms with Crippen LogP contribution in [0.5, 0.6) is 0 Å². The van der Waals surface area contributed by atoms with Crippen LogP contribution in [-0.2, 0) is 32.7 Å². The van der Waals surface area contributed by atoms with Crippen molar-refractivity contribution in [2.45, 2.75) is 238 Å². The summed E-state index contributed by atoms with van der Waals surface area (Å²) in [6, 6.07) is 0. The maximum Gasteiger partial charge on any atom is 0.472 e. The lowest BCUT2D eigenvalue weighted by molar-refractivity contribution is -0.870. The molecule has 0 rings (SSSR count). The summed E-state index contributed by atoms with van der Waals surface area (Å²) in [6.45, 7) is 4.33. The molecule has 1 atom stereocenters. The van der Waals surface area contributed by atoms with Gasteiger partial charge in [-0.2, -0.15) is 0 Å². The molecule has 1 unspecified atom stereocenters. The van der Waals surface area contributed by atoms with E-state index < -0.39 is 25.9 Å². The molecule has 0 aliphatic heterocycles. The minimum Gasteiger partial charge on any atom is -0.463 e. The van der Waals surface area contributed by atoms with E-state index in [0.29, 0.717) is 23.9 Å². The number of hydrogen-bond donors (Lipinski definition) is 1. The van der Waals surface area contributed by atoms with Crippen LogP contribution in [0.15, 0.2) is 0 Å². The number of phosphoric ester groups is 1. The highest BCUT2D eigenvalue weighted by Crippen LogP contribution is 2.44. The Kier molecular flexibility index (Phi) is 43.5. The van der Waals surface area contributed by atoms with Crippen LogP contribution in [0.4, 0.5) is 0 Å². The lowest BCUT2D eigenvalue weighted by atomic mass is 10.1. The standard InChI is InChI=1S/C54H92NO8P/c1-6-8-10-12-14-16-18-20-22-24-26-28-30-32-34-36-38-40-42-44-46-53(56)60-50-52(63-64(58,59)62-49-48-55(3,4)5)51-61-54(57)47-45-43-41-39-37-35-33-31-29-27-25-23-21-19-17-15-13-11-9-7-2/h52H,6-23,32-51H2,1-5H3/p+1. The fraction of sp³-hybridized carbons (Fsp3) is 0.815. The lowest BCUT2D eigenvalue weighted by Gasteiger charge is -2.25. The maximum atomic E-state index is 12.7. The second kappa shape index (κ2) is 45.4. The molecule has 0 saturated carbocycles. The van der Waals surface area contributed by atoms with E-state index >= 15 is 0 Å². The molecule has 0 spiro atoms. The Hall–Kier alpha value is -2.75. The van der Waals surface area contributed by atoms with Gasteiger partial charge in [-0.3, -0.25) is 18.6 Å². The number of carbonyl (C=O) groups is 2. The zero-order valence-electron chi connectivity index (χ0n) is 41.6. The maximum absolute atomic E-state index is 12.7. The normalized spacial score (nSPS) is 11.9. The van der Waals surface area contributed by atoms with Crippen LogP contribution in [0.1, 0.15) is 232 Å². The average molecular weight is 915 g/mol. The molecular weight excluding hydrogens is 822 g/mol. The molecule has 0 amide bonds. The molecule has 1 N–H and O–H groups in total. The number of unbranched alkanes of at least 4 members (excludes halogenated alkanes) is 28. The van der Waals surface area contributed by atoms with Crippen LogP contribution in [0.25, 0.3) is 0 Å². The van der Waals surface area contributed by atoms with E-state index in [1.807, 2.05) is 21.1 Å². The predicted octanol–water partition coefficient (Wildman–Crippen LogP) is 13.6. The van der Waals surface area contributed by atoms with Crippen molar-refractivity contribution >= 4 is 19.8 Å². The van der Waals surface area contributed by atoms with Gasteiger partial charge in [0.25, 0.3) is 0 Å². The topological polar surface area (TPSA) is 108 Å². The van der Waals surface area contributed by atoms with Gasteiger partial charge in [-0.05, 0) is 62.2 Å². The van der Waals surface area contributed by atoms with Crippen LogP contribution in [-0.4, -0.2) is 74.9 Å². The molecular formula is C54H93NO8P+. The Labute approximate surface area is 393 Å². The minimum atomic E-state index is -4.49. The third-order valence-electron chi connectivity index (χ3n) is 10.8. The van der Waals surface area contributed by atoms with Crippen molar-refractivity contribution in [2.75, 3.05) is 47.5 Å². The van der Waals surface area contributed by atoms with Crippen molar-refractivity contribution < 1.29 is 42.1 Å². The Balaban J connectivity index is 4.30. The minimum absolute atomic E-state index is 0.00731. The number of rotatable bonds is 42. The van der Waals surface area contributed by atoms with Gasteiger partial charge < -0.3 is 18.9 Å². The largest absolute Gasteiger partial charge is 0.472 e. The van der Waals surface area contributed by atoms with Crippen LogP contribution in [0.2, 0.25) is 0 Å². The summed E-state index contributed by atoms with van der Waals surface area (Å²) in [5, 5.41) is 0. The van der Waals surface area contributed by atoms with Crippen molar-refractivity contribution in [3.63, 3.8) is 0 Å². The zero-order chi connectivity index (χ0) is 47.1. The van der Waals surface area contributed by atoms with E-state index in [0.717, 1.165) is 89.9 Å². The molecule has 0 saturated heterocycles. The van der Waals surface area contributed by atoms with Crippen molar-refractivity contribution in [1.82, 2.24) is 0 Å². The van der Waals surface area contributed by atoms with Gasteiger partial charge in [-0.15, -0.1) is 0 Å². The SMILES string of the molecule is CCCCCCCCCCC#CC#CCCCCCCCCC(=O)OCC(COC(=O)CCCCCCCCC#CC#CCCCCCCCCCC)OP(=O)(O)OCC[N+](C)(C)C. The first-order chi connectivity index (χ1) is 31.0. The predicted molar refractivity (Wildman–Crippen MR) is 265 cm³/mol. The van der Waals surface area contributed by atoms with E-state index in [-0.39, 0.29) is 32.7 Å². The number of phosphoric acid groups is 1. The zero-order valence-corrected chi connectivity index (χ0v) is 42.5. The summed E-state index contributed by atoms with van der Waals surface area (Å²) in [4.78, 5) is 35.5. The van der Waals surface area contributed by atoms with Gasteiger partial charge in [0.1, 0.15) is 32.5 Å². The highest BCUT2D eigenvalue weighted by molar-refractivity contribution is 7.47. The highest BCUT2D eigenvalue weighted by atomic mass is 31.2. The van der Waals surface area contributed by atoms with Gasteiger partial charge in [-0.25, -0.2) is 4.57 Å². The second-order valence-electron chi connectivity index (χ2n) is 18.3. The second-order valence-corrected chi connectivity index (χ2v) is 19.7. The first-order valence-corrected chi connectivity index (χ1v) is 27.2. The van der Waals surface area contributed by atoms with Crippen molar-refractivity contribution in [3.8, 4) is 47.4 Å². The van der Waals surface area contributed by atoms with Crippen molar-refractivity contribution in [3.05, 3.63) is 0 Å². The molecule has 64 heavy (non-hydrogen) atoms. The lowest BCUT2D eigenvalue weighted by Crippen LogP contribution is -2.37. The smallest absolute Gasteiger partial charge is 0.463 e. The fourth-order valence-electron chi connectivity index (χ4n) is 6.77. The molecule has 0 aliphatic carbocycles. The van der Waals surface area contributed by atoms with Crippen molar-refractivity contribution in [2.24, 2.45) is 0 Å². The molecule has 0 aromatic heterocycles. The monoisotopic (exact) mass is 915 g/mol. The summed E-state index contributed by atoms with van der Waals surface area (Å²) in [5.41, 5.74) is 0. The summed E-state index contributed by atoms with van der Waals surface area (Å²) in [6.07, 6.45) is 35.5. The molecule has 0 fully saturated rings. The quantitative estimate of drug-likeness (QED) is 0.0212. The number of quaternary nitrogens is 1. The average Bonchev–Trinajstić information content (AvgIpc) is 3.25. The fourth-order valence-corrected chi connectivity index (χ4v) is 7.65. The summed E-state index contributed by atoms with van der Waals surface area (Å²) in [7, 11) is 1.32. The summed E-state index contributed by atoms with van der Waals surface area (Å²) >= 11 is 0. The Bertz CT molecular complexity index is 1360. The van der Waals surface area contributed by atoms with E-state index in [4.69, 9.17) is 18.5 Å². The first-order valence-electron chi connectivity index (χ1n) is 25.7. The van der Waals surface area contributed by atoms with Gasteiger partial charge in [0, 0.05) is 38.5 Å². The van der Waals surface area contributed by atoms with Gasteiger partial charge in [0.15, 0.2) is 0 Å². The van der Waals surface area contributed by atoms with Gasteiger partial charge in [0.2, 0.25) is 0 Å². The van der Waals surface area contributed by atoms with Crippen molar-refractivity contribution in [1.29, 1.82) is 0 Å². The Morgan fingerprint density at radius 2 is 0.781 bits per heavy atom. The number of nitrogens with zero attached hydrogens (tertiary/aromatic N) is 1. The molecule has 0 aliphatic rings. The molecule has 9 nitrogen and oxygen atoms in total. The third-order valence-corrected chi connectivity index (χ3v) is 11.9. The summed E-state index contributed by atoms with van der Waals surface area (Å²) < 4.78 is 34.6. The van der Waals surface area contributed by atoms with E-state index in [9.17, 15) is 19.0 Å². The number of likely N-dealkylation sites (N-methyl/N-ethyl adjacent to an activating group) is 1. The van der Waals surface area contributed by atoms with Crippen LogP contribution >= 0.6 is 7.82 Å². The molecule has 366 valence electrons. The van der Waals surface area contributed by atoms with E-state index in [2.05, 4.69) is 61.2 Å². The number of ether oxygens (including phenoxy) is 2. The number of hydrogen-bond acceptors (Lipinski definition) is 7. The molecule has 0 aromatic carbocycles. The summed E-state index contributed by atoms with van der Waals surface area (Å²) in [5.74, 6) is 23.8. The first kappa shape index (κ1) is 61.2. The molecule has 0 radical (unpaired) electrons. The Morgan fingerprint density at radius 3 is 1.09 bits per heavy atom. The number of esters is 2. The van der Waals surface area contributed by atoms with Crippen LogP contribution < -0.4 is 0 Å². The molecule has 10 heteroatoms. The number of carbonyl (C=O) groups excluding carboxylic acids is 2. The van der Waals surface area contributed by atoms with Crippen LogP contribution in [0, 0.1) is 47.4 Å². The van der Waals surface area contributed by atoms with Gasteiger partial charge in [-0.1, -0.05) is 179 Å². The Morgan fingerprint density at radius 1 is 0.484 bits per heavy atom. The van der Waals surface area contributed by atoms with E-state index in [1.165, 1.54) is 103 Å². The molecule has 0 aromatic rings. The highest BCUT2D eigenvalue weighted by Gasteiger charge is 2.29. The van der Waals surface area contributed by atoms with Gasteiger partial charge in [0.05, 0.1) is 21.1 Å². The van der Waals surface area contributed by atoms with Crippen LogP contribution in [0.3, 0.4) is 0 Å². The molecule has 0 bridgehead atoms. The molecule has 0 heterocycles. The van der Waals surface area contributed by atoms with E-state index in [1.54, 1.807) is 0 Å².